The molecule has 0 aromatic carbocycles. The van der Waals surface area contributed by atoms with Crippen molar-refractivity contribution >= 4 is 17.7 Å². The fourth-order valence-electron chi connectivity index (χ4n) is 7.90. The van der Waals surface area contributed by atoms with Gasteiger partial charge >= 0.3 is 11.9 Å². The van der Waals surface area contributed by atoms with Gasteiger partial charge in [-0.2, -0.15) is 0 Å². The number of rotatable bonds is 2. The quantitative estimate of drug-likeness (QED) is 0.668. The summed E-state index contributed by atoms with van der Waals surface area (Å²) in [6.45, 7) is 5.95. The van der Waals surface area contributed by atoms with Crippen molar-refractivity contribution in [2.75, 3.05) is 7.11 Å². The Bertz CT molecular complexity index is 686. The molecule has 5 heteroatoms. The van der Waals surface area contributed by atoms with Crippen LogP contribution in [0.15, 0.2) is 0 Å². The number of ketones is 1. The van der Waals surface area contributed by atoms with E-state index in [2.05, 4.69) is 13.8 Å². The molecule has 0 bridgehead atoms. The molecule has 0 saturated heterocycles. The van der Waals surface area contributed by atoms with Gasteiger partial charge in [-0.1, -0.05) is 13.8 Å². The molecule has 0 unspecified atom stereocenters. The number of ether oxygens (including phenoxy) is 2. The zero-order valence-corrected chi connectivity index (χ0v) is 17.7. The van der Waals surface area contributed by atoms with Crippen molar-refractivity contribution in [1.82, 2.24) is 0 Å². The highest BCUT2D eigenvalue weighted by Gasteiger charge is 2.64. The molecule has 4 saturated carbocycles. The van der Waals surface area contributed by atoms with Gasteiger partial charge in [0, 0.05) is 19.3 Å². The molecule has 0 aliphatic heterocycles. The van der Waals surface area contributed by atoms with E-state index in [9.17, 15) is 14.4 Å². The van der Waals surface area contributed by atoms with Crippen LogP contribution in [0.2, 0.25) is 0 Å². The predicted octanol–water partition coefficient (Wildman–Crippen LogP) is 3.93. The lowest BCUT2D eigenvalue weighted by Gasteiger charge is -2.59. The number of carbonyl (C=O) groups excluding carboxylic acids is 3. The van der Waals surface area contributed by atoms with Crippen LogP contribution in [0.4, 0.5) is 0 Å². The fraction of sp³-hybridized carbons (Fsp3) is 0.870. The van der Waals surface area contributed by atoms with Crippen molar-refractivity contribution < 1.29 is 23.9 Å². The minimum Gasteiger partial charge on any atom is -0.469 e. The highest BCUT2D eigenvalue weighted by Crippen LogP contribution is 2.66. The van der Waals surface area contributed by atoms with E-state index in [4.69, 9.17) is 9.47 Å². The Balaban J connectivity index is 1.59. The maximum absolute atomic E-state index is 13.5. The molecule has 4 fully saturated rings. The van der Waals surface area contributed by atoms with Gasteiger partial charge in [0.1, 0.15) is 11.9 Å². The minimum atomic E-state index is -0.247. The Morgan fingerprint density at radius 3 is 2.46 bits per heavy atom. The Morgan fingerprint density at radius 1 is 1.04 bits per heavy atom. The number of hydrogen-bond donors (Lipinski definition) is 0. The largest absolute Gasteiger partial charge is 0.469 e. The van der Waals surface area contributed by atoms with Crippen molar-refractivity contribution in [2.45, 2.75) is 78.2 Å². The molecule has 0 heterocycles. The van der Waals surface area contributed by atoms with E-state index in [1.807, 2.05) is 0 Å². The van der Waals surface area contributed by atoms with Crippen LogP contribution in [0.5, 0.6) is 0 Å². The Labute approximate surface area is 167 Å². The lowest BCUT2D eigenvalue weighted by Crippen LogP contribution is -2.58. The van der Waals surface area contributed by atoms with Crippen molar-refractivity contribution in [1.29, 1.82) is 0 Å². The highest BCUT2D eigenvalue weighted by molar-refractivity contribution is 5.86. The molecule has 0 aromatic rings. The first kappa shape index (κ1) is 19.9. The molecule has 0 N–H and O–H groups in total. The van der Waals surface area contributed by atoms with E-state index in [0.29, 0.717) is 30.0 Å². The summed E-state index contributed by atoms with van der Waals surface area (Å²) in [6, 6.07) is 0. The normalized spacial score (nSPS) is 47.5. The fourth-order valence-corrected chi connectivity index (χ4v) is 7.90. The summed E-state index contributed by atoms with van der Waals surface area (Å²) in [5.74, 6) is 1.23. The third-order valence-electron chi connectivity index (χ3n) is 9.12. The molecule has 8 atom stereocenters. The van der Waals surface area contributed by atoms with Crippen LogP contribution in [-0.4, -0.2) is 30.9 Å². The van der Waals surface area contributed by atoms with Crippen molar-refractivity contribution in [3.63, 3.8) is 0 Å². The van der Waals surface area contributed by atoms with Gasteiger partial charge in [0.05, 0.1) is 13.0 Å². The summed E-state index contributed by atoms with van der Waals surface area (Å²) in [7, 11) is 1.46. The summed E-state index contributed by atoms with van der Waals surface area (Å²) < 4.78 is 10.6. The van der Waals surface area contributed by atoms with E-state index < -0.39 is 0 Å². The molecule has 28 heavy (non-hydrogen) atoms. The molecule has 0 amide bonds. The molecular weight excluding hydrogens is 356 g/mol. The number of carbonyl (C=O) groups is 3. The summed E-state index contributed by atoms with van der Waals surface area (Å²) in [6.07, 6.45) is 7.23. The zero-order valence-electron chi connectivity index (χ0n) is 17.7. The molecule has 0 spiro atoms. The molecule has 4 rings (SSSR count). The van der Waals surface area contributed by atoms with Gasteiger partial charge in [0.15, 0.2) is 0 Å². The molecule has 4 aliphatic carbocycles. The van der Waals surface area contributed by atoms with Crippen molar-refractivity contribution in [3.8, 4) is 0 Å². The van der Waals surface area contributed by atoms with Gasteiger partial charge in [-0.3, -0.25) is 14.4 Å². The highest BCUT2D eigenvalue weighted by atomic mass is 16.5. The third kappa shape index (κ3) is 2.83. The van der Waals surface area contributed by atoms with E-state index in [0.717, 1.165) is 44.9 Å². The van der Waals surface area contributed by atoms with Crippen LogP contribution >= 0.6 is 0 Å². The monoisotopic (exact) mass is 390 g/mol. The first-order valence-corrected chi connectivity index (χ1v) is 11.0. The van der Waals surface area contributed by atoms with Gasteiger partial charge in [0.25, 0.3) is 0 Å². The summed E-state index contributed by atoms with van der Waals surface area (Å²) in [4.78, 5) is 37.3. The summed E-state index contributed by atoms with van der Waals surface area (Å²) in [5.41, 5.74) is -0.245. The molecular formula is C23H34O5. The molecule has 0 radical (unpaired) electrons. The van der Waals surface area contributed by atoms with E-state index in [1.165, 1.54) is 14.0 Å². The SMILES string of the molecule is COC(=O)[C@H]1CC[C@H]2[C@@H]3CC[C@H]4C[C@H](OC(C)=O)CC[C@]4(C)[C@H]3C(=O)C[C@]12C. The summed E-state index contributed by atoms with van der Waals surface area (Å²) >= 11 is 0. The number of Topliss-reactive ketones (excluding diaryl/α,β-unsaturated/α-hetero) is 1. The summed E-state index contributed by atoms with van der Waals surface area (Å²) in [5, 5.41) is 0. The van der Waals surface area contributed by atoms with Gasteiger partial charge in [-0.25, -0.2) is 0 Å². The molecule has 5 nitrogen and oxygen atoms in total. The van der Waals surface area contributed by atoms with Crippen LogP contribution in [0.25, 0.3) is 0 Å². The average Bonchev–Trinajstić information content (AvgIpc) is 2.97. The number of methoxy groups -OCH3 is 1. The lowest BCUT2D eigenvalue weighted by atomic mass is 9.44. The lowest BCUT2D eigenvalue weighted by molar-refractivity contribution is -0.172. The zero-order chi connectivity index (χ0) is 20.3. The van der Waals surface area contributed by atoms with Crippen molar-refractivity contribution in [3.05, 3.63) is 0 Å². The number of fused-ring (bicyclic) bond motifs is 5. The second-order valence-corrected chi connectivity index (χ2v) is 10.3. The maximum Gasteiger partial charge on any atom is 0.309 e. The Hall–Kier alpha value is -1.39. The van der Waals surface area contributed by atoms with Crippen LogP contribution in [0, 0.1) is 40.4 Å². The van der Waals surface area contributed by atoms with E-state index in [1.54, 1.807) is 0 Å². The van der Waals surface area contributed by atoms with Crippen LogP contribution < -0.4 is 0 Å². The van der Waals surface area contributed by atoms with Gasteiger partial charge in [-0.05, 0) is 73.5 Å². The predicted molar refractivity (Wildman–Crippen MR) is 103 cm³/mol. The Kier molecular flexibility index (Phi) is 4.86. The van der Waals surface area contributed by atoms with E-state index in [-0.39, 0.29) is 40.7 Å². The first-order valence-electron chi connectivity index (χ1n) is 11.0. The van der Waals surface area contributed by atoms with E-state index >= 15 is 0 Å². The van der Waals surface area contributed by atoms with Gasteiger partial charge in [-0.15, -0.1) is 0 Å². The topological polar surface area (TPSA) is 69.7 Å². The number of esters is 2. The van der Waals surface area contributed by atoms with Crippen LogP contribution in [-0.2, 0) is 23.9 Å². The Morgan fingerprint density at radius 2 is 1.79 bits per heavy atom. The molecule has 4 aliphatic rings. The van der Waals surface area contributed by atoms with Crippen molar-refractivity contribution in [2.24, 2.45) is 40.4 Å². The first-order chi connectivity index (χ1) is 13.2. The second-order valence-electron chi connectivity index (χ2n) is 10.3. The molecule has 0 aromatic heterocycles. The van der Waals surface area contributed by atoms with Crippen LogP contribution in [0.1, 0.15) is 72.1 Å². The van der Waals surface area contributed by atoms with Gasteiger partial charge < -0.3 is 9.47 Å². The number of hydrogen-bond acceptors (Lipinski definition) is 5. The van der Waals surface area contributed by atoms with Gasteiger partial charge in [0.2, 0.25) is 0 Å². The standard InChI is InChI=1S/C23H34O5/c1-13(24)28-15-9-10-22(2)14(11-15)5-6-16-17-7-8-18(21(26)27-4)23(17,3)12-19(25)20(16)22/h14-18,20H,5-12H2,1-4H3/t14-,15+,16-,17-,18+,20+,22-,23-/m0/s1. The average molecular weight is 391 g/mol. The smallest absolute Gasteiger partial charge is 0.309 e. The third-order valence-corrected chi connectivity index (χ3v) is 9.12. The van der Waals surface area contributed by atoms with Crippen LogP contribution in [0.3, 0.4) is 0 Å². The second kappa shape index (κ2) is 6.84. The minimum absolute atomic E-state index is 0.00132. The maximum atomic E-state index is 13.5. The molecule has 156 valence electrons.